The Bertz CT molecular complexity index is 204. The average Bonchev–Trinajstić information content (AvgIpc) is 3.00. The maximum atomic E-state index is 11.3. The Balaban J connectivity index is 2.01. The zero-order valence-corrected chi connectivity index (χ0v) is 10.0. The van der Waals surface area contributed by atoms with Gasteiger partial charge in [-0.1, -0.05) is 6.92 Å². The first-order valence-corrected chi connectivity index (χ1v) is 5.88. The molecule has 4 heteroatoms. The van der Waals surface area contributed by atoms with E-state index in [2.05, 4.69) is 36.4 Å². The molecule has 1 aliphatic rings. The summed E-state index contributed by atoms with van der Waals surface area (Å²) in [6.45, 7) is 6.01. The van der Waals surface area contributed by atoms with Crippen molar-refractivity contribution in [1.29, 1.82) is 0 Å². The number of hydrogen-bond donors (Lipinski definition) is 2. The quantitative estimate of drug-likeness (QED) is 0.696. The number of likely N-dealkylation sites (N-methyl/N-ethyl adjacent to an activating group) is 1. The van der Waals surface area contributed by atoms with E-state index in [4.69, 9.17) is 0 Å². The van der Waals surface area contributed by atoms with Gasteiger partial charge in [0.2, 0.25) is 0 Å². The topological polar surface area (TPSA) is 44.4 Å². The van der Waals surface area contributed by atoms with Crippen LogP contribution in [0.25, 0.3) is 0 Å². The highest BCUT2D eigenvalue weighted by Gasteiger charge is 2.22. The van der Waals surface area contributed by atoms with Crippen LogP contribution < -0.4 is 10.6 Å². The van der Waals surface area contributed by atoms with Crippen LogP contribution in [-0.4, -0.2) is 43.2 Å². The van der Waals surface area contributed by atoms with Crippen LogP contribution in [0.4, 0.5) is 4.79 Å². The molecule has 0 radical (unpaired) electrons. The van der Waals surface area contributed by atoms with Crippen LogP contribution in [0.3, 0.4) is 0 Å². The Morgan fingerprint density at radius 2 is 2.20 bits per heavy atom. The second kappa shape index (κ2) is 5.95. The molecule has 0 saturated heterocycles. The van der Waals surface area contributed by atoms with E-state index in [1.165, 1.54) is 0 Å². The zero-order chi connectivity index (χ0) is 11.3. The monoisotopic (exact) mass is 213 g/mol. The first kappa shape index (κ1) is 12.3. The summed E-state index contributed by atoms with van der Waals surface area (Å²) in [7, 11) is 2.09. The third-order valence-corrected chi connectivity index (χ3v) is 3.01. The minimum atomic E-state index is -0.0185. The molecule has 1 atom stereocenters. The first-order chi connectivity index (χ1) is 7.13. The van der Waals surface area contributed by atoms with E-state index in [1.54, 1.807) is 0 Å². The van der Waals surface area contributed by atoms with Crippen LogP contribution in [0.15, 0.2) is 0 Å². The van der Waals surface area contributed by atoms with Gasteiger partial charge in [0.25, 0.3) is 0 Å². The fourth-order valence-corrected chi connectivity index (χ4v) is 1.34. The van der Waals surface area contributed by atoms with Gasteiger partial charge in [-0.15, -0.1) is 0 Å². The molecule has 0 bridgehead atoms. The molecule has 0 unspecified atom stereocenters. The lowest BCUT2D eigenvalue weighted by atomic mass is 10.2. The third-order valence-electron chi connectivity index (χ3n) is 3.01. The first-order valence-electron chi connectivity index (χ1n) is 5.88. The lowest BCUT2D eigenvalue weighted by molar-refractivity contribution is 0.230. The summed E-state index contributed by atoms with van der Waals surface area (Å²) in [6.07, 6.45) is 3.42. The van der Waals surface area contributed by atoms with Crippen molar-refractivity contribution in [3.8, 4) is 0 Å². The SMILES string of the molecule is CC[C@@H](C)N(C)CCNC(=O)NC1CC1. The van der Waals surface area contributed by atoms with E-state index in [1.807, 2.05) is 0 Å². The smallest absolute Gasteiger partial charge is 0.315 e. The van der Waals surface area contributed by atoms with E-state index in [0.717, 1.165) is 32.4 Å². The van der Waals surface area contributed by atoms with Gasteiger partial charge in [0, 0.05) is 25.2 Å². The number of nitrogens with one attached hydrogen (secondary N) is 2. The molecular formula is C11H23N3O. The molecule has 0 aromatic heterocycles. The highest BCUT2D eigenvalue weighted by atomic mass is 16.2. The van der Waals surface area contributed by atoms with Crippen molar-refractivity contribution in [2.24, 2.45) is 0 Å². The molecule has 2 amide bonds. The highest BCUT2D eigenvalue weighted by molar-refractivity contribution is 5.74. The fraction of sp³-hybridized carbons (Fsp3) is 0.909. The van der Waals surface area contributed by atoms with Gasteiger partial charge in [0.1, 0.15) is 0 Å². The highest BCUT2D eigenvalue weighted by Crippen LogP contribution is 2.18. The van der Waals surface area contributed by atoms with Gasteiger partial charge in [0.05, 0.1) is 0 Å². The van der Waals surface area contributed by atoms with Gasteiger partial charge < -0.3 is 15.5 Å². The summed E-state index contributed by atoms with van der Waals surface area (Å²) in [5, 5.41) is 5.77. The van der Waals surface area contributed by atoms with Crippen LogP contribution in [0.2, 0.25) is 0 Å². The second-order valence-electron chi connectivity index (χ2n) is 4.41. The van der Waals surface area contributed by atoms with Crippen molar-refractivity contribution in [3.05, 3.63) is 0 Å². The minimum Gasteiger partial charge on any atom is -0.337 e. The van der Waals surface area contributed by atoms with Crippen molar-refractivity contribution in [2.75, 3.05) is 20.1 Å². The molecule has 0 aromatic carbocycles. The molecule has 88 valence electrons. The third kappa shape index (κ3) is 5.02. The van der Waals surface area contributed by atoms with Crippen LogP contribution in [-0.2, 0) is 0 Å². The maximum Gasteiger partial charge on any atom is 0.315 e. The summed E-state index contributed by atoms with van der Waals surface area (Å²) in [6, 6.07) is 1.01. The summed E-state index contributed by atoms with van der Waals surface area (Å²) >= 11 is 0. The van der Waals surface area contributed by atoms with E-state index < -0.39 is 0 Å². The zero-order valence-electron chi connectivity index (χ0n) is 10.0. The number of carbonyl (C=O) groups is 1. The number of nitrogens with zero attached hydrogens (tertiary/aromatic N) is 1. The van der Waals surface area contributed by atoms with Crippen LogP contribution in [0.5, 0.6) is 0 Å². The van der Waals surface area contributed by atoms with Crippen molar-refractivity contribution >= 4 is 6.03 Å². The molecule has 15 heavy (non-hydrogen) atoms. The van der Waals surface area contributed by atoms with Gasteiger partial charge in [-0.05, 0) is 33.2 Å². The lowest BCUT2D eigenvalue weighted by Gasteiger charge is -2.23. The molecule has 0 aromatic rings. The van der Waals surface area contributed by atoms with E-state index in [9.17, 15) is 4.79 Å². The summed E-state index contributed by atoms with van der Waals surface area (Å²) in [4.78, 5) is 13.5. The number of urea groups is 1. The normalized spacial score (nSPS) is 17.6. The predicted octanol–water partition coefficient (Wildman–Crippen LogP) is 1.18. The van der Waals surface area contributed by atoms with Crippen molar-refractivity contribution in [1.82, 2.24) is 15.5 Å². The molecule has 4 nitrogen and oxygen atoms in total. The molecular weight excluding hydrogens is 190 g/mol. The fourth-order valence-electron chi connectivity index (χ4n) is 1.34. The van der Waals surface area contributed by atoms with Crippen LogP contribution >= 0.6 is 0 Å². The van der Waals surface area contributed by atoms with Gasteiger partial charge in [-0.25, -0.2) is 4.79 Å². The standard InChI is InChI=1S/C11H23N3O/c1-4-9(2)14(3)8-7-12-11(15)13-10-5-6-10/h9-10H,4-8H2,1-3H3,(H2,12,13,15)/t9-/m1/s1. The Kier molecular flexibility index (Phi) is 4.88. The minimum absolute atomic E-state index is 0.0185. The van der Waals surface area contributed by atoms with Crippen LogP contribution in [0.1, 0.15) is 33.1 Å². The van der Waals surface area contributed by atoms with E-state index in [-0.39, 0.29) is 6.03 Å². The number of rotatable bonds is 6. The second-order valence-corrected chi connectivity index (χ2v) is 4.41. The average molecular weight is 213 g/mol. The molecule has 1 fully saturated rings. The molecule has 1 rings (SSSR count). The summed E-state index contributed by atoms with van der Waals surface area (Å²) in [5.74, 6) is 0. The molecule has 0 spiro atoms. The molecule has 2 N–H and O–H groups in total. The predicted molar refractivity (Wildman–Crippen MR) is 61.9 cm³/mol. The number of carbonyl (C=O) groups excluding carboxylic acids is 1. The van der Waals surface area contributed by atoms with Crippen molar-refractivity contribution in [2.45, 2.75) is 45.2 Å². The summed E-state index contributed by atoms with van der Waals surface area (Å²) in [5.41, 5.74) is 0. The Morgan fingerprint density at radius 1 is 1.53 bits per heavy atom. The van der Waals surface area contributed by atoms with Crippen LogP contribution in [0, 0.1) is 0 Å². The van der Waals surface area contributed by atoms with Gasteiger partial charge >= 0.3 is 6.03 Å². The Morgan fingerprint density at radius 3 is 2.73 bits per heavy atom. The molecule has 1 aliphatic carbocycles. The van der Waals surface area contributed by atoms with E-state index in [0.29, 0.717) is 12.1 Å². The Labute approximate surface area is 92.4 Å². The number of amides is 2. The maximum absolute atomic E-state index is 11.3. The molecule has 1 saturated carbocycles. The van der Waals surface area contributed by atoms with Crippen molar-refractivity contribution < 1.29 is 4.79 Å². The van der Waals surface area contributed by atoms with Crippen molar-refractivity contribution in [3.63, 3.8) is 0 Å². The van der Waals surface area contributed by atoms with Gasteiger partial charge in [-0.2, -0.15) is 0 Å². The molecule has 0 aliphatic heterocycles. The lowest BCUT2D eigenvalue weighted by Crippen LogP contribution is -2.42. The van der Waals surface area contributed by atoms with Gasteiger partial charge in [0.15, 0.2) is 0 Å². The number of hydrogen-bond acceptors (Lipinski definition) is 2. The van der Waals surface area contributed by atoms with E-state index >= 15 is 0 Å². The van der Waals surface area contributed by atoms with Gasteiger partial charge in [-0.3, -0.25) is 0 Å². The molecule has 0 heterocycles. The Hall–Kier alpha value is -0.770. The largest absolute Gasteiger partial charge is 0.337 e. The summed E-state index contributed by atoms with van der Waals surface area (Å²) < 4.78 is 0.